The summed E-state index contributed by atoms with van der Waals surface area (Å²) in [5.74, 6) is 0.0404. The van der Waals surface area contributed by atoms with Gasteiger partial charge in [-0.05, 0) is 24.2 Å². The van der Waals surface area contributed by atoms with Crippen LogP contribution in [-0.2, 0) is 0 Å². The molecule has 0 atom stereocenters. The summed E-state index contributed by atoms with van der Waals surface area (Å²) in [5.41, 5.74) is 1.90. The van der Waals surface area contributed by atoms with E-state index in [1.54, 1.807) is 0 Å². The quantitative estimate of drug-likeness (QED) is 0.844. The van der Waals surface area contributed by atoms with E-state index in [0.717, 1.165) is 11.3 Å². The van der Waals surface area contributed by atoms with Crippen LogP contribution < -0.4 is 15.4 Å². The van der Waals surface area contributed by atoms with Gasteiger partial charge in [0.15, 0.2) is 0 Å². The van der Waals surface area contributed by atoms with Crippen molar-refractivity contribution in [2.24, 2.45) is 0 Å². The molecule has 0 aromatic heterocycles. The maximum Gasteiger partial charge on any atom is 0.251 e. The van der Waals surface area contributed by atoms with Crippen molar-refractivity contribution in [2.45, 2.75) is 26.6 Å². The SMILES string of the molecule is CCNC(=O)c1cc(N(C)C)ccc1[Si](C)(C)C. The molecular weight excluding hydrogens is 240 g/mol. The number of amides is 1. The van der Waals surface area contributed by atoms with E-state index in [4.69, 9.17) is 0 Å². The molecule has 3 nitrogen and oxygen atoms in total. The fourth-order valence-corrected chi connectivity index (χ4v) is 3.49. The Bertz CT molecular complexity index is 436. The predicted molar refractivity (Wildman–Crippen MR) is 81.8 cm³/mol. The van der Waals surface area contributed by atoms with Crippen LogP contribution in [0.15, 0.2) is 18.2 Å². The molecule has 1 aromatic rings. The third-order valence-electron chi connectivity index (χ3n) is 2.91. The summed E-state index contributed by atoms with van der Waals surface area (Å²) in [6.45, 7) is 9.40. The van der Waals surface area contributed by atoms with Crippen molar-refractivity contribution in [1.82, 2.24) is 5.32 Å². The van der Waals surface area contributed by atoms with E-state index in [9.17, 15) is 4.79 Å². The van der Waals surface area contributed by atoms with Gasteiger partial charge in [-0.25, -0.2) is 0 Å². The van der Waals surface area contributed by atoms with Crippen LogP contribution in [-0.4, -0.2) is 34.6 Å². The average Bonchev–Trinajstić information content (AvgIpc) is 2.27. The molecule has 0 unspecified atom stereocenters. The Hall–Kier alpha value is -1.29. The van der Waals surface area contributed by atoms with Gasteiger partial charge in [0, 0.05) is 31.9 Å². The lowest BCUT2D eigenvalue weighted by Crippen LogP contribution is -2.43. The Balaban J connectivity index is 3.31. The molecule has 0 spiro atoms. The molecule has 100 valence electrons. The van der Waals surface area contributed by atoms with Gasteiger partial charge in [0.1, 0.15) is 0 Å². The van der Waals surface area contributed by atoms with E-state index in [-0.39, 0.29) is 5.91 Å². The predicted octanol–water partition coefficient (Wildman–Crippen LogP) is 2.05. The second kappa shape index (κ2) is 5.57. The summed E-state index contributed by atoms with van der Waals surface area (Å²) < 4.78 is 0. The van der Waals surface area contributed by atoms with Crippen molar-refractivity contribution in [2.75, 3.05) is 25.5 Å². The van der Waals surface area contributed by atoms with Crippen molar-refractivity contribution in [1.29, 1.82) is 0 Å². The molecule has 0 aliphatic carbocycles. The van der Waals surface area contributed by atoms with Crippen LogP contribution in [0.4, 0.5) is 5.69 Å². The first-order valence-electron chi connectivity index (χ1n) is 6.37. The normalized spacial score (nSPS) is 11.2. The zero-order valence-corrected chi connectivity index (χ0v) is 13.3. The van der Waals surface area contributed by atoms with E-state index >= 15 is 0 Å². The number of nitrogens with zero attached hydrogens (tertiary/aromatic N) is 1. The standard InChI is InChI=1S/C14H24N2OSi/c1-7-15-14(17)12-10-11(16(2)3)8-9-13(12)18(4,5)6/h8-10H,7H2,1-6H3,(H,15,17). The van der Waals surface area contributed by atoms with Crippen molar-refractivity contribution < 1.29 is 4.79 Å². The van der Waals surface area contributed by atoms with Crippen molar-refractivity contribution in [3.8, 4) is 0 Å². The highest BCUT2D eigenvalue weighted by molar-refractivity contribution is 6.89. The second-order valence-electron chi connectivity index (χ2n) is 5.73. The van der Waals surface area contributed by atoms with Crippen molar-refractivity contribution in [3.63, 3.8) is 0 Å². The summed E-state index contributed by atoms with van der Waals surface area (Å²) in [5, 5.41) is 4.13. The summed E-state index contributed by atoms with van der Waals surface area (Å²) in [6, 6.07) is 6.21. The van der Waals surface area contributed by atoms with Gasteiger partial charge >= 0.3 is 0 Å². The minimum atomic E-state index is -1.51. The minimum absolute atomic E-state index is 0.0404. The fourth-order valence-electron chi connectivity index (χ4n) is 1.91. The Morgan fingerprint density at radius 3 is 2.33 bits per heavy atom. The number of rotatable bonds is 4. The van der Waals surface area contributed by atoms with E-state index in [1.807, 2.05) is 32.0 Å². The Labute approximate surface area is 111 Å². The fraction of sp³-hybridized carbons (Fsp3) is 0.500. The highest BCUT2D eigenvalue weighted by Crippen LogP contribution is 2.15. The summed E-state index contributed by atoms with van der Waals surface area (Å²) in [6.07, 6.45) is 0. The monoisotopic (exact) mass is 264 g/mol. The van der Waals surface area contributed by atoms with Gasteiger partial charge in [-0.15, -0.1) is 0 Å². The molecule has 0 aliphatic heterocycles. The topological polar surface area (TPSA) is 32.3 Å². The number of carbonyl (C=O) groups excluding carboxylic acids is 1. The highest BCUT2D eigenvalue weighted by atomic mass is 28.3. The Kier molecular flexibility index (Phi) is 4.57. The van der Waals surface area contributed by atoms with Crippen molar-refractivity contribution in [3.05, 3.63) is 23.8 Å². The molecule has 1 amide bonds. The molecule has 0 bridgehead atoms. The maximum absolute atomic E-state index is 12.2. The first-order valence-corrected chi connectivity index (χ1v) is 9.87. The second-order valence-corrected chi connectivity index (χ2v) is 10.8. The highest BCUT2D eigenvalue weighted by Gasteiger charge is 2.23. The number of hydrogen-bond donors (Lipinski definition) is 1. The van der Waals surface area contributed by atoms with Crippen molar-refractivity contribution >= 4 is 24.9 Å². The smallest absolute Gasteiger partial charge is 0.251 e. The molecule has 0 saturated carbocycles. The van der Waals surface area contributed by atoms with Crippen LogP contribution in [0.25, 0.3) is 0 Å². The van der Waals surface area contributed by atoms with Crippen LogP contribution >= 0.6 is 0 Å². The van der Waals surface area contributed by atoms with E-state index < -0.39 is 8.07 Å². The van der Waals surface area contributed by atoms with Crippen LogP contribution in [0.5, 0.6) is 0 Å². The molecule has 18 heavy (non-hydrogen) atoms. The van der Waals surface area contributed by atoms with Gasteiger partial charge < -0.3 is 10.2 Å². The van der Waals surface area contributed by atoms with Crippen LogP contribution in [0.2, 0.25) is 19.6 Å². The van der Waals surface area contributed by atoms with Crippen LogP contribution in [0.1, 0.15) is 17.3 Å². The van der Waals surface area contributed by atoms with Gasteiger partial charge in [0.25, 0.3) is 5.91 Å². The van der Waals surface area contributed by atoms with E-state index in [1.165, 1.54) is 5.19 Å². The Morgan fingerprint density at radius 2 is 1.89 bits per heavy atom. The third kappa shape index (κ3) is 3.35. The molecule has 0 heterocycles. The lowest BCUT2D eigenvalue weighted by Gasteiger charge is -2.23. The number of nitrogens with one attached hydrogen (secondary N) is 1. The average molecular weight is 264 g/mol. The van der Waals surface area contributed by atoms with Crippen LogP contribution in [0.3, 0.4) is 0 Å². The molecule has 1 N–H and O–H groups in total. The number of benzene rings is 1. The molecule has 0 aliphatic rings. The van der Waals surface area contributed by atoms with Gasteiger partial charge in [-0.3, -0.25) is 4.79 Å². The molecule has 0 radical (unpaired) electrons. The third-order valence-corrected chi connectivity index (χ3v) is 4.96. The molecule has 1 rings (SSSR count). The number of hydrogen-bond acceptors (Lipinski definition) is 2. The molecule has 0 saturated heterocycles. The first-order chi connectivity index (χ1) is 8.27. The minimum Gasteiger partial charge on any atom is -0.378 e. The molecule has 4 heteroatoms. The zero-order valence-electron chi connectivity index (χ0n) is 12.3. The summed E-state index contributed by atoms with van der Waals surface area (Å²) >= 11 is 0. The molecule has 0 fully saturated rings. The van der Waals surface area contributed by atoms with Gasteiger partial charge in [-0.1, -0.05) is 25.7 Å². The summed E-state index contributed by atoms with van der Waals surface area (Å²) in [4.78, 5) is 14.2. The first kappa shape index (κ1) is 14.8. The maximum atomic E-state index is 12.2. The number of carbonyl (C=O) groups is 1. The molecular formula is C14H24N2OSi. The largest absolute Gasteiger partial charge is 0.378 e. The lowest BCUT2D eigenvalue weighted by atomic mass is 10.1. The zero-order chi connectivity index (χ0) is 13.9. The lowest BCUT2D eigenvalue weighted by molar-refractivity contribution is 0.0957. The van der Waals surface area contributed by atoms with Gasteiger partial charge in [0.05, 0.1) is 8.07 Å². The van der Waals surface area contributed by atoms with E-state index in [2.05, 4.69) is 37.1 Å². The van der Waals surface area contributed by atoms with Gasteiger partial charge in [0.2, 0.25) is 0 Å². The Morgan fingerprint density at radius 1 is 1.28 bits per heavy atom. The summed E-state index contributed by atoms with van der Waals surface area (Å²) in [7, 11) is 2.48. The number of anilines is 1. The molecule has 1 aromatic carbocycles. The van der Waals surface area contributed by atoms with E-state index in [0.29, 0.717) is 6.54 Å². The van der Waals surface area contributed by atoms with Gasteiger partial charge in [-0.2, -0.15) is 0 Å². The van der Waals surface area contributed by atoms with Crippen LogP contribution in [0, 0.1) is 0 Å².